The standard InChI is InChI=1S/C12H8BrN7/c13-10-6-14-11-12(16-10)20(18-17-11)7-8-2-4-19-9(5-8)1-3-15-19/h1-6H,7H2. The lowest BCUT2D eigenvalue weighted by Crippen LogP contribution is -2.03. The first-order chi connectivity index (χ1) is 9.79. The summed E-state index contributed by atoms with van der Waals surface area (Å²) in [6.07, 6.45) is 5.30. The van der Waals surface area contributed by atoms with Crippen molar-refractivity contribution in [3.8, 4) is 0 Å². The zero-order valence-electron chi connectivity index (χ0n) is 10.2. The summed E-state index contributed by atoms with van der Waals surface area (Å²) < 4.78 is 4.22. The molecular weight excluding hydrogens is 322 g/mol. The van der Waals surface area contributed by atoms with E-state index in [0.29, 0.717) is 22.4 Å². The van der Waals surface area contributed by atoms with Crippen LogP contribution in [0, 0.1) is 0 Å². The molecule has 4 aromatic rings. The Morgan fingerprint density at radius 2 is 2.20 bits per heavy atom. The molecule has 0 fully saturated rings. The Hall–Kier alpha value is -2.35. The molecule has 4 heterocycles. The Morgan fingerprint density at radius 1 is 1.25 bits per heavy atom. The summed E-state index contributed by atoms with van der Waals surface area (Å²) in [5, 5.41) is 12.3. The molecule has 0 aliphatic heterocycles. The van der Waals surface area contributed by atoms with Crippen LogP contribution in [-0.2, 0) is 6.54 Å². The second-order valence-electron chi connectivity index (χ2n) is 4.32. The van der Waals surface area contributed by atoms with E-state index in [2.05, 4.69) is 47.4 Å². The SMILES string of the molecule is Brc1cnc2nnn(Cc3ccn4nccc4c3)c2n1. The zero-order valence-corrected chi connectivity index (χ0v) is 11.8. The maximum Gasteiger partial charge on any atom is 0.221 e. The van der Waals surface area contributed by atoms with Gasteiger partial charge in [-0.25, -0.2) is 19.2 Å². The predicted octanol–water partition coefficient (Wildman–Crippen LogP) is 1.68. The minimum absolute atomic E-state index is 0.540. The van der Waals surface area contributed by atoms with Gasteiger partial charge in [0.15, 0.2) is 5.65 Å². The number of pyridine rings is 1. The van der Waals surface area contributed by atoms with Crippen LogP contribution in [0.4, 0.5) is 0 Å². The number of aromatic nitrogens is 7. The molecule has 0 N–H and O–H groups in total. The van der Waals surface area contributed by atoms with Gasteiger partial charge in [0.2, 0.25) is 5.65 Å². The number of hydrogen-bond acceptors (Lipinski definition) is 5. The summed E-state index contributed by atoms with van der Waals surface area (Å²) in [5.41, 5.74) is 3.34. The molecule has 0 saturated carbocycles. The van der Waals surface area contributed by atoms with Crippen molar-refractivity contribution in [3.05, 3.63) is 47.0 Å². The molecule has 4 rings (SSSR count). The van der Waals surface area contributed by atoms with Gasteiger partial charge in [-0.15, -0.1) is 5.10 Å². The van der Waals surface area contributed by atoms with Crippen LogP contribution in [0.3, 0.4) is 0 Å². The van der Waals surface area contributed by atoms with Crippen molar-refractivity contribution < 1.29 is 0 Å². The summed E-state index contributed by atoms with van der Waals surface area (Å²) in [7, 11) is 0. The number of halogens is 1. The molecule has 0 atom stereocenters. The van der Waals surface area contributed by atoms with Gasteiger partial charge in [0.25, 0.3) is 0 Å². The van der Waals surface area contributed by atoms with Crippen molar-refractivity contribution in [2.45, 2.75) is 6.54 Å². The maximum atomic E-state index is 4.36. The molecule has 0 spiro atoms. The third-order valence-corrected chi connectivity index (χ3v) is 3.38. The molecule has 20 heavy (non-hydrogen) atoms. The van der Waals surface area contributed by atoms with Gasteiger partial charge in [-0.05, 0) is 39.7 Å². The lowest BCUT2D eigenvalue weighted by atomic mass is 10.2. The van der Waals surface area contributed by atoms with Crippen LogP contribution in [0.25, 0.3) is 16.8 Å². The minimum Gasteiger partial charge on any atom is -0.241 e. The van der Waals surface area contributed by atoms with Crippen molar-refractivity contribution in [1.29, 1.82) is 0 Å². The van der Waals surface area contributed by atoms with Crippen LogP contribution in [0.2, 0.25) is 0 Å². The molecule has 7 nitrogen and oxygen atoms in total. The van der Waals surface area contributed by atoms with Gasteiger partial charge in [0.05, 0.1) is 18.3 Å². The van der Waals surface area contributed by atoms with E-state index in [4.69, 9.17) is 0 Å². The number of hydrogen-bond donors (Lipinski definition) is 0. The van der Waals surface area contributed by atoms with Crippen molar-refractivity contribution in [2.24, 2.45) is 0 Å². The first kappa shape index (κ1) is 11.5. The van der Waals surface area contributed by atoms with Gasteiger partial charge in [0, 0.05) is 12.4 Å². The second-order valence-corrected chi connectivity index (χ2v) is 5.14. The van der Waals surface area contributed by atoms with Gasteiger partial charge in [-0.2, -0.15) is 5.10 Å². The van der Waals surface area contributed by atoms with Crippen LogP contribution in [0.15, 0.2) is 41.4 Å². The smallest absolute Gasteiger partial charge is 0.221 e. The molecule has 0 aliphatic rings. The lowest BCUT2D eigenvalue weighted by Gasteiger charge is -2.03. The van der Waals surface area contributed by atoms with E-state index in [0.717, 1.165) is 11.1 Å². The van der Waals surface area contributed by atoms with E-state index in [9.17, 15) is 0 Å². The number of rotatable bonds is 2. The highest BCUT2D eigenvalue weighted by Crippen LogP contribution is 2.13. The summed E-state index contributed by atoms with van der Waals surface area (Å²) in [4.78, 5) is 8.53. The molecule has 0 aromatic carbocycles. The molecule has 0 radical (unpaired) electrons. The zero-order chi connectivity index (χ0) is 13.5. The first-order valence-corrected chi connectivity index (χ1v) is 6.73. The van der Waals surface area contributed by atoms with Crippen LogP contribution in [0.1, 0.15) is 5.56 Å². The molecule has 98 valence electrons. The molecule has 0 saturated heterocycles. The number of nitrogens with zero attached hydrogens (tertiary/aromatic N) is 7. The third kappa shape index (κ3) is 1.85. The molecule has 8 heteroatoms. The topological polar surface area (TPSA) is 73.8 Å². The molecule has 4 aromatic heterocycles. The Morgan fingerprint density at radius 3 is 3.15 bits per heavy atom. The minimum atomic E-state index is 0.540. The lowest BCUT2D eigenvalue weighted by molar-refractivity contribution is 0.663. The molecule has 0 unspecified atom stereocenters. The average Bonchev–Trinajstić information content (AvgIpc) is 3.05. The number of fused-ring (bicyclic) bond motifs is 2. The summed E-state index contributed by atoms with van der Waals surface area (Å²) >= 11 is 3.31. The molecular formula is C12H8BrN7. The van der Waals surface area contributed by atoms with Gasteiger partial charge in [-0.3, -0.25) is 0 Å². The fourth-order valence-corrected chi connectivity index (χ4v) is 2.35. The molecule has 0 bridgehead atoms. The highest BCUT2D eigenvalue weighted by Gasteiger charge is 2.08. The second kappa shape index (κ2) is 4.34. The monoisotopic (exact) mass is 329 g/mol. The van der Waals surface area contributed by atoms with Crippen molar-refractivity contribution >= 4 is 32.7 Å². The first-order valence-electron chi connectivity index (χ1n) is 5.94. The van der Waals surface area contributed by atoms with Crippen LogP contribution in [0.5, 0.6) is 0 Å². The highest BCUT2D eigenvalue weighted by atomic mass is 79.9. The van der Waals surface area contributed by atoms with Gasteiger partial charge >= 0.3 is 0 Å². The summed E-state index contributed by atoms with van der Waals surface area (Å²) in [6, 6.07) is 6.02. The van der Waals surface area contributed by atoms with E-state index in [1.807, 2.05) is 22.8 Å². The van der Waals surface area contributed by atoms with Gasteiger partial charge in [0.1, 0.15) is 4.60 Å². The summed E-state index contributed by atoms with van der Waals surface area (Å²) in [6.45, 7) is 0.587. The van der Waals surface area contributed by atoms with E-state index in [1.165, 1.54) is 0 Å². The van der Waals surface area contributed by atoms with Gasteiger partial charge < -0.3 is 0 Å². The summed E-state index contributed by atoms with van der Waals surface area (Å²) in [5.74, 6) is 0. The average molecular weight is 330 g/mol. The highest BCUT2D eigenvalue weighted by molar-refractivity contribution is 9.10. The van der Waals surface area contributed by atoms with Crippen molar-refractivity contribution in [2.75, 3.05) is 0 Å². The quantitative estimate of drug-likeness (QED) is 0.559. The van der Waals surface area contributed by atoms with Gasteiger partial charge in [-0.1, -0.05) is 5.21 Å². The van der Waals surface area contributed by atoms with Crippen LogP contribution in [-0.4, -0.2) is 34.6 Å². The van der Waals surface area contributed by atoms with Crippen LogP contribution < -0.4 is 0 Å². The predicted molar refractivity (Wildman–Crippen MR) is 75.1 cm³/mol. The van der Waals surface area contributed by atoms with E-state index < -0.39 is 0 Å². The van der Waals surface area contributed by atoms with E-state index in [1.54, 1.807) is 17.1 Å². The van der Waals surface area contributed by atoms with Crippen molar-refractivity contribution in [1.82, 2.24) is 34.6 Å². The maximum absolute atomic E-state index is 4.36. The van der Waals surface area contributed by atoms with Crippen molar-refractivity contribution in [3.63, 3.8) is 0 Å². The molecule has 0 aliphatic carbocycles. The largest absolute Gasteiger partial charge is 0.241 e. The third-order valence-electron chi connectivity index (χ3n) is 2.99. The van der Waals surface area contributed by atoms with E-state index in [-0.39, 0.29) is 0 Å². The van der Waals surface area contributed by atoms with Crippen LogP contribution >= 0.6 is 15.9 Å². The normalized spacial score (nSPS) is 11.4. The Bertz CT molecular complexity index is 910. The molecule has 0 amide bonds. The fourth-order valence-electron chi connectivity index (χ4n) is 2.08. The fraction of sp³-hybridized carbons (Fsp3) is 0.0833. The Labute approximate surface area is 121 Å². The Kier molecular flexibility index (Phi) is 2.49. The Balaban J connectivity index is 1.77. The van der Waals surface area contributed by atoms with E-state index >= 15 is 0 Å².